The lowest BCUT2D eigenvalue weighted by Crippen LogP contribution is -2.33. The Bertz CT molecular complexity index is 876. The van der Waals surface area contributed by atoms with E-state index in [0.29, 0.717) is 23.4 Å². The van der Waals surface area contributed by atoms with Gasteiger partial charge in [-0.2, -0.15) is 0 Å². The molecule has 0 radical (unpaired) electrons. The number of likely N-dealkylation sites (tertiary alicyclic amines) is 1. The molecule has 3 rings (SSSR count). The van der Waals surface area contributed by atoms with E-state index >= 15 is 0 Å². The summed E-state index contributed by atoms with van der Waals surface area (Å²) in [6.45, 7) is 7.66. The highest BCUT2D eigenvalue weighted by Crippen LogP contribution is 2.21. The molecule has 0 spiro atoms. The predicted octanol–water partition coefficient (Wildman–Crippen LogP) is 3.99. The molecular weight excluding hydrogens is 376 g/mol. The number of methoxy groups -OCH3 is 1. The molecule has 0 saturated carbocycles. The van der Waals surface area contributed by atoms with Crippen molar-refractivity contribution >= 4 is 11.7 Å². The third-order valence-corrected chi connectivity index (χ3v) is 5.70. The zero-order chi connectivity index (χ0) is 21.5. The number of nitrogens with one attached hydrogen (secondary N) is 1. The Balaban J connectivity index is 1.52. The number of carbonyl (C=O) groups excluding carboxylic acids is 2. The molecule has 1 aliphatic heterocycles. The fourth-order valence-electron chi connectivity index (χ4n) is 4.02. The zero-order valence-electron chi connectivity index (χ0n) is 18.2. The van der Waals surface area contributed by atoms with E-state index in [2.05, 4.69) is 41.4 Å². The average Bonchev–Trinajstić information content (AvgIpc) is 2.73. The van der Waals surface area contributed by atoms with Crippen LogP contribution in [-0.4, -0.2) is 36.8 Å². The first-order valence-electron chi connectivity index (χ1n) is 10.7. The molecule has 2 aromatic rings. The van der Waals surface area contributed by atoms with Gasteiger partial charge in [0, 0.05) is 30.8 Å². The van der Waals surface area contributed by atoms with Crippen LogP contribution in [0.3, 0.4) is 0 Å². The van der Waals surface area contributed by atoms with Crippen molar-refractivity contribution in [2.45, 2.75) is 46.2 Å². The second-order valence-corrected chi connectivity index (χ2v) is 8.34. The molecule has 160 valence electrons. The van der Waals surface area contributed by atoms with Crippen LogP contribution in [0.5, 0.6) is 5.75 Å². The molecule has 1 amide bonds. The number of Topliss-reactive ketones (excluding diaryl/α,β-unsaturated/α-hetero) is 1. The van der Waals surface area contributed by atoms with E-state index in [9.17, 15) is 9.59 Å². The van der Waals surface area contributed by atoms with Gasteiger partial charge in [0.25, 0.3) is 0 Å². The maximum absolute atomic E-state index is 12.4. The molecule has 0 aromatic heterocycles. The van der Waals surface area contributed by atoms with Crippen molar-refractivity contribution in [1.82, 2.24) is 10.2 Å². The topological polar surface area (TPSA) is 58.6 Å². The Hall–Kier alpha value is -2.66. The van der Waals surface area contributed by atoms with Crippen molar-refractivity contribution in [2.24, 2.45) is 5.92 Å². The van der Waals surface area contributed by atoms with Gasteiger partial charge in [-0.1, -0.05) is 31.2 Å². The maximum atomic E-state index is 12.4. The number of carbonyl (C=O) groups is 2. The largest absolute Gasteiger partial charge is 0.496 e. The Kier molecular flexibility index (Phi) is 7.63. The van der Waals surface area contributed by atoms with Crippen molar-refractivity contribution in [3.05, 3.63) is 64.7 Å². The molecule has 0 bridgehead atoms. The SMILES string of the molecule is COc1ccc(C(C)=O)cc1CC(=O)NCc1ccc(CN2CCC[C@H](C)C2)cc1. The summed E-state index contributed by atoms with van der Waals surface area (Å²) >= 11 is 0. The first-order chi connectivity index (χ1) is 14.4. The maximum Gasteiger partial charge on any atom is 0.224 e. The highest BCUT2D eigenvalue weighted by Gasteiger charge is 2.16. The second kappa shape index (κ2) is 10.4. The van der Waals surface area contributed by atoms with E-state index in [1.807, 2.05) is 0 Å². The smallest absolute Gasteiger partial charge is 0.224 e. The van der Waals surface area contributed by atoms with Crippen LogP contribution < -0.4 is 10.1 Å². The van der Waals surface area contributed by atoms with Gasteiger partial charge >= 0.3 is 0 Å². The summed E-state index contributed by atoms with van der Waals surface area (Å²) in [6.07, 6.45) is 2.79. The molecule has 2 aromatic carbocycles. The van der Waals surface area contributed by atoms with Gasteiger partial charge in [0.1, 0.15) is 5.75 Å². The summed E-state index contributed by atoms with van der Waals surface area (Å²) in [4.78, 5) is 26.6. The zero-order valence-corrected chi connectivity index (χ0v) is 18.2. The van der Waals surface area contributed by atoms with Gasteiger partial charge in [-0.05, 0) is 61.6 Å². The molecular formula is C25H32N2O3. The van der Waals surface area contributed by atoms with Crippen molar-refractivity contribution in [3.63, 3.8) is 0 Å². The van der Waals surface area contributed by atoms with Crippen LogP contribution in [0, 0.1) is 5.92 Å². The molecule has 5 heteroatoms. The quantitative estimate of drug-likeness (QED) is 0.671. The minimum absolute atomic E-state index is 0.0292. The lowest BCUT2D eigenvalue weighted by atomic mass is 9.99. The fraction of sp³-hybridized carbons (Fsp3) is 0.440. The number of nitrogens with zero attached hydrogens (tertiary/aromatic N) is 1. The summed E-state index contributed by atoms with van der Waals surface area (Å²) in [5.74, 6) is 1.27. The Morgan fingerprint density at radius 2 is 1.87 bits per heavy atom. The van der Waals surface area contributed by atoms with Crippen LogP contribution >= 0.6 is 0 Å². The van der Waals surface area contributed by atoms with Crippen LogP contribution in [0.2, 0.25) is 0 Å². The van der Waals surface area contributed by atoms with Gasteiger partial charge in [0.2, 0.25) is 5.91 Å². The monoisotopic (exact) mass is 408 g/mol. The van der Waals surface area contributed by atoms with Gasteiger partial charge in [0.15, 0.2) is 5.78 Å². The van der Waals surface area contributed by atoms with E-state index < -0.39 is 0 Å². The van der Waals surface area contributed by atoms with Gasteiger partial charge in [0.05, 0.1) is 13.5 Å². The molecule has 1 atom stereocenters. The summed E-state index contributed by atoms with van der Waals surface area (Å²) in [5, 5.41) is 2.96. The van der Waals surface area contributed by atoms with E-state index in [-0.39, 0.29) is 18.1 Å². The van der Waals surface area contributed by atoms with Crippen LogP contribution in [0.4, 0.5) is 0 Å². The first-order valence-corrected chi connectivity index (χ1v) is 10.7. The van der Waals surface area contributed by atoms with Gasteiger partial charge in [-0.15, -0.1) is 0 Å². The van der Waals surface area contributed by atoms with E-state index in [4.69, 9.17) is 4.74 Å². The van der Waals surface area contributed by atoms with Crippen molar-refractivity contribution in [3.8, 4) is 5.75 Å². The lowest BCUT2D eigenvalue weighted by molar-refractivity contribution is -0.120. The van der Waals surface area contributed by atoms with Crippen LogP contribution in [0.25, 0.3) is 0 Å². The number of amides is 1. The Morgan fingerprint density at radius 3 is 2.53 bits per heavy atom. The van der Waals surface area contributed by atoms with Crippen molar-refractivity contribution in [1.29, 1.82) is 0 Å². The predicted molar refractivity (Wildman–Crippen MR) is 119 cm³/mol. The molecule has 1 aliphatic rings. The fourth-order valence-corrected chi connectivity index (χ4v) is 4.02. The lowest BCUT2D eigenvalue weighted by Gasteiger charge is -2.30. The minimum atomic E-state index is -0.0969. The third kappa shape index (κ3) is 6.17. The molecule has 1 N–H and O–H groups in total. The summed E-state index contributed by atoms with van der Waals surface area (Å²) in [5.41, 5.74) is 3.68. The number of hydrogen-bond acceptors (Lipinski definition) is 4. The van der Waals surface area contributed by atoms with Gasteiger partial charge in [-0.3, -0.25) is 14.5 Å². The van der Waals surface area contributed by atoms with Crippen LogP contribution in [-0.2, 0) is 24.3 Å². The first kappa shape index (κ1) is 22.0. The average molecular weight is 409 g/mol. The Labute approximate surface area is 179 Å². The van der Waals surface area contributed by atoms with E-state index in [1.165, 1.54) is 38.4 Å². The molecule has 1 saturated heterocycles. The normalized spacial score (nSPS) is 16.8. The number of ketones is 1. The number of hydrogen-bond donors (Lipinski definition) is 1. The summed E-state index contributed by atoms with van der Waals surface area (Å²) < 4.78 is 5.33. The van der Waals surface area contributed by atoms with E-state index in [0.717, 1.165) is 18.0 Å². The minimum Gasteiger partial charge on any atom is -0.496 e. The van der Waals surface area contributed by atoms with Crippen molar-refractivity contribution in [2.75, 3.05) is 20.2 Å². The Morgan fingerprint density at radius 1 is 1.13 bits per heavy atom. The highest BCUT2D eigenvalue weighted by molar-refractivity contribution is 5.94. The van der Waals surface area contributed by atoms with Gasteiger partial charge < -0.3 is 10.1 Å². The summed E-state index contributed by atoms with van der Waals surface area (Å²) in [7, 11) is 1.57. The van der Waals surface area contributed by atoms with Crippen LogP contribution in [0.1, 0.15) is 53.7 Å². The summed E-state index contributed by atoms with van der Waals surface area (Å²) in [6, 6.07) is 13.7. The third-order valence-electron chi connectivity index (χ3n) is 5.70. The number of rotatable bonds is 8. The number of benzene rings is 2. The highest BCUT2D eigenvalue weighted by atomic mass is 16.5. The number of piperidine rings is 1. The van der Waals surface area contributed by atoms with E-state index in [1.54, 1.807) is 25.3 Å². The van der Waals surface area contributed by atoms with Crippen LogP contribution in [0.15, 0.2) is 42.5 Å². The van der Waals surface area contributed by atoms with Gasteiger partial charge in [-0.25, -0.2) is 0 Å². The second-order valence-electron chi connectivity index (χ2n) is 8.34. The number of ether oxygens (including phenoxy) is 1. The molecule has 0 aliphatic carbocycles. The molecule has 30 heavy (non-hydrogen) atoms. The molecule has 5 nitrogen and oxygen atoms in total. The molecule has 1 heterocycles. The van der Waals surface area contributed by atoms with Crippen molar-refractivity contribution < 1.29 is 14.3 Å². The molecule has 0 unspecified atom stereocenters. The standard InChI is InChI=1S/C25H32N2O3/c1-18-5-4-12-27(16-18)17-21-8-6-20(7-9-21)15-26-25(29)14-23-13-22(19(2)28)10-11-24(23)30-3/h6-11,13,18H,4-5,12,14-17H2,1-3H3,(H,26,29)/t18-/m0/s1. The molecule has 1 fully saturated rings.